The Morgan fingerprint density at radius 3 is 2.20 bits per heavy atom. The zero-order valence-corrected chi connectivity index (χ0v) is 8.89. The molecule has 6 heteroatoms. The van der Waals surface area contributed by atoms with E-state index in [-0.39, 0.29) is 0 Å². The molecule has 1 heterocycles. The van der Waals surface area contributed by atoms with Crippen molar-refractivity contribution in [3.63, 3.8) is 0 Å². The molecule has 0 spiro atoms. The van der Waals surface area contributed by atoms with E-state index in [0.717, 1.165) is 0 Å². The summed E-state index contributed by atoms with van der Waals surface area (Å²) in [6.07, 6.45) is 0. The lowest BCUT2D eigenvalue weighted by Crippen LogP contribution is -2.22. The average Bonchev–Trinajstić information content (AvgIpc) is 2.45. The Bertz CT molecular complexity index is 427. The molecule has 1 aromatic rings. The second-order valence-corrected chi connectivity index (χ2v) is 3.85. The number of nitrogens with one attached hydrogen (secondary N) is 2. The third-order valence-electron chi connectivity index (χ3n) is 2.06. The molecule has 2 N–H and O–H groups in total. The monoisotopic (exact) mass is 244 g/mol. The molecule has 0 aliphatic carbocycles. The first kappa shape index (κ1) is 10.3. The zero-order valence-electron chi connectivity index (χ0n) is 7.38. The van der Waals surface area contributed by atoms with E-state index < -0.39 is 18.0 Å². The molecular weight excluding hydrogens is 239 g/mol. The number of halogens is 2. The number of rotatable bonds is 1. The van der Waals surface area contributed by atoms with E-state index in [9.17, 15) is 9.59 Å². The summed E-state index contributed by atoms with van der Waals surface area (Å²) in [4.78, 5) is 22.3. The van der Waals surface area contributed by atoms with E-state index in [1.54, 1.807) is 18.2 Å². The van der Waals surface area contributed by atoms with Crippen molar-refractivity contribution >= 4 is 35.1 Å². The fourth-order valence-corrected chi connectivity index (χ4v) is 2.02. The Kier molecular flexibility index (Phi) is 2.54. The molecule has 0 radical (unpaired) electrons. The molecule has 2 rings (SSSR count). The molecule has 1 aliphatic heterocycles. The number of carbonyl (C=O) groups is 2. The molecule has 1 unspecified atom stereocenters. The van der Waals surface area contributed by atoms with Crippen LogP contribution < -0.4 is 10.6 Å². The standard InChI is InChI=1S/C9H6Cl2N2O2/c10-4-2-1-3-5(11)6(4)7-8(14)13-9(15)12-7/h1-3,7H,(H2,12,13,14,15). The smallest absolute Gasteiger partial charge is 0.322 e. The predicted octanol–water partition coefficient (Wildman–Crippen LogP) is 1.87. The summed E-state index contributed by atoms with van der Waals surface area (Å²) in [5, 5.41) is 5.25. The predicted molar refractivity (Wildman–Crippen MR) is 55.9 cm³/mol. The van der Waals surface area contributed by atoms with Gasteiger partial charge in [0, 0.05) is 15.6 Å². The summed E-state index contributed by atoms with van der Waals surface area (Å²) < 4.78 is 0. The van der Waals surface area contributed by atoms with Gasteiger partial charge in [-0.25, -0.2) is 4.79 Å². The van der Waals surface area contributed by atoms with Crippen LogP contribution in [0.5, 0.6) is 0 Å². The third-order valence-corrected chi connectivity index (χ3v) is 2.72. The van der Waals surface area contributed by atoms with Gasteiger partial charge in [0.2, 0.25) is 0 Å². The maximum absolute atomic E-state index is 11.4. The number of amides is 3. The van der Waals surface area contributed by atoms with Crippen LogP contribution in [0.2, 0.25) is 10.0 Å². The number of hydrogen-bond donors (Lipinski definition) is 2. The van der Waals surface area contributed by atoms with Crippen LogP contribution in [0.1, 0.15) is 11.6 Å². The van der Waals surface area contributed by atoms with Crippen molar-refractivity contribution in [3.05, 3.63) is 33.8 Å². The van der Waals surface area contributed by atoms with Gasteiger partial charge in [0.05, 0.1) is 0 Å². The van der Waals surface area contributed by atoms with Crippen LogP contribution in [0.15, 0.2) is 18.2 Å². The normalized spacial score (nSPS) is 20.0. The van der Waals surface area contributed by atoms with Gasteiger partial charge in [-0.1, -0.05) is 29.3 Å². The molecule has 1 fully saturated rings. The highest BCUT2D eigenvalue weighted by molar-refractivity contribution is 6.36. The Labute approximate surface area is 95.5 Å². The van der Waals surface area contributed by atoms with Gasteiger partial charge in [-0.3, -0.25) is 10.1 Å². The molecule has 1 saturated heterocycles. The lowest BCUT2D eigenvalue weighted by molar-refractivity contribution is -0.120. The highest BCUT2D eigenvalue weighted by Gasteiger charge is 2.33. The molecule has 15 heavy (non-hydrogen) atoms. The van der Waals surface area contributed by atoms with Crippen molar-refractivity contribution in [3.8, 4) is 0 Å². The fourth-order valence-electron chi connectivity index (χ4n) is 1.41. The van der Waals surface area contributed by atoms with Gasteiger partial charge in [0.1, 0.15) is 6.04 Å². The molecule has 1 aromatic carbocycles. The zero-order chi connectivity index (χ0) is 11.0. The van der Waals surface area contributed by atoms with E-state index in [1.165, 1.54) is 0 Å². The Morgan fingerprint density at radius 1 is 1.13 bits per heavy atom. The van der Waals surface area contributed by atoms with Gasteiger partial charge in [-0.15, -0.1) is 0 Å². The molecule has 1 aliphatic rings. The van der Waals surface area contributed by atoms with Crippen LogP contribution in [0.3, 0.4) is 0 Å². The van der Waals surface area contributed by atoms with Crippen molar-refractivity contribution in [1.82, 2.24) is 10.6 Å². The maximum atomic E-state index is 11.4. The van der Waals surface area contributed by atoms with Crippen LogP contribution in [-0.2, 0) is 4.79 Å². The van der Waals surface area contributed by atoms with Gasteiger partial charge in [-0.05, 0) is 12.1 Å². The largest absolute Gasteiger partial charge is 0.322 e. The van der Waals surface area contributed by atoms with Crippen molar-refractivity contribution in [2.45, 2.75) is 6.04 Å². The summed E-state index contributed by atoms with van der Waals surface area (Å²) in [5.74, 6) is -0.449. The molecule has 78 valence electrons. The van der Waals surface area contributed by atoms with E-state index in [4.69, 9.17) is 23.2 Å². The van der Waals surface area contributed by atoms with Crippen molar-refractivity contribution in [2.24, 2.45) is 0 Å². The first-order chi connectivity index (χ1) is 7.09. The summed E-state index contributed by atoms with van der Waals surface area (Å²) >= 11 is 11.8. The molecule has 0 saturated carbocycles. The summed E-state index contributed by atoms with van der Waals surface area (Å²) in [6.45, 7) is 0. The first-order valence-corrected chi connectivity index (χ1v) is 4.90. The van der Waals surface area contributed by atoms with Crippen molar-refractivity contribution in [1.29, 1.82) is 0 Å². The van der Waals surface area contributed by atoms with Gasteiger partial charge in [0.25, 0.3) is 5.91 Å². The molecule has 4 nitrogen and oxygen atoms in total. The minimum Gasteiger partial charge on any atom is -0.322 e. The number of hydrogen-bond acceptors (Lipinski definition) is 2. The van der Waals surface area contributed by atoms with Gasteiger partial charge < -0.3 is 5.32 Å². The summed E-state index contributed by atoms with van der Waals surface area (Å²) in [7, 11) is 0. The average molecular weight is 245 g/mol. The van der Waals surface area contributed by atoms with E-state index in [2.05, 4.69) is 10.6 Å². The van der Waals surface area contributed by atoms with Crippen LogP contribution in [-0.4, -0.2) is 11.9 Å². The van der Waals surface area contributed by atoms with E-state index in [0.29, 0.717) is 15.6 Å². The van der Waals surface area contributed by atoms with Crippen LogP contribution in [0.4, 0.5) is 4.79 Å². The number of carbonyl (C=O) groups excluding carboxylic acids is 2. The molecular formula is C9H6Cl2N2O2. The Morgan fingerprint density at radius 2 is 1.73 bits per heavy atom. The quantitative estimate of drug-likeness (QED) is 0.742. The van der Waals surface area contributed by atoms with Crippen LogP contribution in [0, 0.1) is 0 Å². The first-order valence-electron chi connectivity index (χ1n) is 4.15. The Hall–Kier alpha value is -1.26. The second-order valence-electron chi connectivity index (χ2n) is 3.03. The summed E-state index contributed by atoms with van der Waals surface area (Å²) in [6, 6.07) is 3.55. The SMILES string of the molecule is O=C1NC(=O)C(c2c(Cl)cccc2Cl)N1. The van der Waals surface area contributed by atoms with E-state index in [1.807, 2.05) is 0 Å². The van der Waals surface area contributed by atoms with Gasteiger partial charge in [0.15, 0.2) is 0 Å². The lowest BCUT2D eigenvalue weighted by Gasteiger charge is -2.11. The minimum atomic E-state index is -0.807. The Balaban J connectivity index is 2.46. The molecule has 0 bridgehead atoms. The highest BCUT2D eigenvalue weighted by Crippen LogP contribution is 2.31. The van der Waals surface area contributed by atoms with Crippen molar-refractivity contribution < 1.29 is 9.59 Å². The highest BCUT2D eigenvalue weighted by atomic mass is 35.5. The lowest BCUT2D eigenvalue weighted by atomic mass is 10.1. The van der Waals surface area contributed by atoms with Crippen molar-refractivity contribution in [2.75, 3.05) is 0 Å². The van der Waals surface area contributed by atoms with Crippen LogP contribution in [0.25, 0.3) is 0 Å². The fraction of sp³-hybridized carbons (Fsp3) is 0.111. The molecule has 1 atom stereocenters. The number of benzene rings is 1. The maximum Gasteiger partial charge on any atom is 0.322 e. The molecule has 3 amide bonds. The number of imide groups is 1. The summed E-state index contributed by atoms with van der Waals surface area (Å²) in [5.41, 5.74) is 0.421. The van der Waals surface area contributed by atoms with Crippen LogP contribution >= 0.6 is 23.2 Å². The van der Waals surface area contributed by atoms with E-state index >= 15 is 0 Å². The van der Waals surface area contributed by atoms with Gasteiger partial charge >= 0.3 is 6.03 Å². The minimum absolute atomic E-state index is 0.352. The van der Waals surface area contributed by atoms with Gasteiger partial charge in [-0.2, -0.15) is 0 Å². The number of urea groups is 1. The topological polar surface area (TPSA) is 58.2 Å². The second kappa shape index (κ2) is 3.72. The molecule has 0 aromatic heterocycles. The third kappa shape index (κ3) is 1.78.